The zero-order valence-corrected chi connectivity index (χ0v) is 20.7. The molecule has 2 aliphatic rings. The van der Waals surface area contributed by atoms with Gasteiger partial charge in [0.25, 0.3) is 0 Å². The number of carbonyl (C=O) groups is 1. The summed E-state index contributed by atoms with van der Waals surface area (Å²) in [4.78, 5) is 31.3. The summed E-state index contributed by atoms with van der Waals surface area (Å²) in [6.45, 7) is 11.1. The number of benzene rings is 2. The van der Waals surface area contributed by atoms with E-state index < -0.39 is 5.76 Å². The number of piperidine rings is 1. The van der Waals surface area contributed by atoms with Crippen molar-refractivity contribution in [3.8, 4) is 5.75 Å². The number of amides is 1. The van der Waals surface area contributed by atoms with Gasteiger partial charge >= 0.3 is 5.76 Å². The Morgan fingerprint density at radius 3 is 2.29 bits per heavy atom. The number of oxazole rings is 1. The second-order valence-electron chi connectivity index (χ2n) is 8.31. The maximum atomic E-state index is 13.0. The summed E-state index contributed by atoms with van der Waals surface area (Å²) in [6.07, 6.45) is 2.84. The molecule has 2 N–H and O–H groups in total. The number of phenols is 1. The Morgan fingerprint density at radius 1 is 0.941 bits per heavy atom. The van der Waals surface area contributed by atoms with Crippen molar-refractivity contribution in [3.63, 3.8) is 0 Å². The van der Waals surface area contributed by atoms with Crippen LogP contribution < -0.4 is 5.76 Å². The van der Waals surface area contributed by atoms with Gasteiger partial charge in [0.1, 0.15) is 5.75 Å². The first-order chi connectivity index (χ1) is 16.6. The molecule has 184 valence electrons. The third-order valence-corrected chi connectivity index (χ3v) is 6.47. The Kier molecular flexibility index (Phi) is 8.93. The number of likely N-dealkylation sites (tertiary alicyclic amines) is 2. The Balaban J connectivity index is 0.000000771. The smallest absolute Gasteiger partial charge is 0.417 e. The molecule has 1 unspecified atom stereocenters. The van der Waals surface area contributed by atoms with E-state index in [0.29, 0.717) is 18.0 Å². The topological polar surface area (TPSA) is 89.8 Å². The second-order valence-corrected chi connectivity index (χ2v) is 8.31. The summed E-state index contributed by atoms with van der Waals surface area (Å²) in [5.74, 6) is 0.436. The fourth-order valence-corrected chi connectivity index (χ4v) is 4.80. The molecule has 5 rings (SSSR count). The molecular formula is C27H37N3O4. The van der Waals surface area contributed by atoms with Gasteiger partial charge in [0.05, 0.1) is 11.6 Å². The Hall–Kier alpha value is -3.06. The molecule has 7 nitrogen and oxygen atoms in total. The Bertz CT molecular complexity index is 1110. The summed E-state index contributed by atoms with van der Waals surface area (Å²) in [7, 11) is 0. The van der Waals surface area contributed by atoms with E-state index in [9.17, 15) is 14.7 Å². The van der Waals surface area contributed by atoms with Crippen LogP contribution in [0.5, 0.6) is 5.75 Å². The molecule has 0 aliphatic carbocycles. The van der Waals surface area contributed by atoms with Crippen molar-refractivity contribution in [2.45, 2.75) is 65.5 Å². The van der Waals surface area contributed by atoms with E-state index in [-0.39, 0.29) is 17.7 Å². The number of aromatic nitrogens is 1. The van der Waals surface area contributed by atoms with Crippen LogP contribution in [0.1, 0.15) is 64.0 Å². The molecule has 0 saturated carbocycles. The Labute approximate surface area is 201 Å². The number of nitrogens with zero attached hydrogens (tertiary/aromatic N) is 2. The van der Waals surface area contributed by atoms with Crippen molar-refractivity contribution in [3.05, 3.63) is 64.1 Å². The standard InChI is InChI=1S/C23H25N3O4.2C2H6/c27-18-4-1-15(2-5-18)14-26-12-9-20(22(26)28)25-10-7-16(8-11-25)17-3-6-19-21(13-17)30-23(29)24-19;2*1-2/h1-6,13,16,20,27H,7-12,14H2,(H,24,29);2*1-2H3. The fraction of sp³-hybridized carbons (Fsp3) is 0.481. The highest BCUT2D eigenvalue weighted by Gasteiger charge is 2.37. The van der Waals surface area contributed by atoms with Crippen LogP contribution in [0, 0.1) is 0 Å². The quantitative estimate of drug-likeness (QED) is 0.572. The number of fused-ring (bicyclic) bond motifs is 1. The largest absolute Gasteiger partial charge is 0.508 e. The number of H-pyrrole nitrogens is 1. The van der Waals surface area contributed by atoms with E-state index >= 15 is 0 Å². The molecule has 0 spiro atoms. The highest BCUT2D eigenvalue weighted by Crippen LogP contribution is 2.32. The molecule has 1 atom stereocenters. The summed E-state index contributed by atoms with van der Waals surface area (Å²) in [5.41, 5.74) is 3.56. The fourth-order valence-electron chi connectivity index (χ4n) is 4.80. The highest BCUT2D eigenvalue weighted by molar-refractivity contribution is 5.84. The third-order valence-electron chi connectivity index (χ3n) is 6.47. The van der Waals surface area contributed by atoms with Crippen molar-refractivity contribution in [2.75, 3.05) is 19.6 Å². The summed E-state index contributed by atoms with van der Waals surface area (Å²) >= 11 is 0. The SMILES string of the molecule is CC.CC.O=C1C(N2CCC(c3ccc4[nH]c(=O)oc4c3)CC2)CCN1Cc1ccc(O)cc1. The lowest BCUT2D eigenvalue weighted by molar-refractivity contribution is -0.133. The van der Waals surface area contributed by atoms with Crippen LogP contribution in [-0.2, 0) is 11.3 Å². The predicted octanol–water partition coefficient (Wildman–Crippen LogP) is 4.86. The number of nitrogens with one attached hydrogen (secondary N) is 1. The van der Waals surface area contributed by atoms with Crippen LogP contribution in [0.15, 0.2) is 51.7 Å². The van der Waals surface area contributed by atoms with Crippen molar-refractivity contribution in [1.29, 1.82) is 0 Å². The van der Waals surface area contributed by atoms with Gasteiger partial charge in [-0.05, 0) is 73.7 Å². The molecule has 0 bridgehead atoms. The summed E-state index contributed by atoms with van der Waals surface area (Å²) in [5, 5.41) is 9.43. The number of hydrogen-bond acceptors (Lipinski definition) is 5. The lowest BCUT2D eigenvalue weighted by atomic mass is 9.88. The number of hydrogen-bond donors (Lipinski definition) is 2. The van der Waals surface area contributed by atoms with Gasteiger partial charge in [0.15, 0.2) is 5.58 Å². The van der Waals surface area contributed by atoms with Crippen LogP contribution >= 0.6 is 0 Å². The monoisotopic (exact) mass is 467 g/mol. The number of aromatic hydroxyl groups is 1. The molecule has 0 radical (unpaired) electrons. The third kappa shape index (κ3) is 5.70. The molecule has 2 aromatic carbocycles. The van der Waals surface area contributed by atoms with Gasteiger partial charge in [-0.3, -0.25) is 14.7 Å². The first kappa shape index (κ1) is 25.6. The van der Waals surface area contributed by atoms with Crippen molar-refractivity contribution in [1.82, 2.24) is 14.8 Å². The predicted molar refractivity (Wildman–Crippen MR) is 135 cm³/mol. The summed E-state index contributed by atoms with van der Waals surface area (Å²) in [6, 6.07) is 13.0. The molecule has 1 aromatic heterocycles. The van der Waals surface area contributed by atoms with Crippen molar-refractivity contribution in [2.24, 2.45) is 0 Å². The van der Waals surface area contributed by atoms with E-state index in [1.165, 1.54) is 5.56 Å². The molecule has 3 aromatic rings. The maximum Gasteiger partial charge on any atom is 0.417 e. The molecule has 2 saturated heterocycles. The lowest BCUT2D eigenvalue weighted by Crippen LogP contribution is -2.45. The van der Waals surface area contributed by atoms with Gasteiger partial charge in [-0.1, -0.05) is 45.9 Å². The molecule has 2 fully saturated rings. The van der Waals surface area contributed by atoms with Gasteiger partial charge in [0, 0.05) is 13.1 Å². The average molecular weight is 468 g/mol. The second kappa shape index (κ2) is 11.9. The van der Waals surface area contributed by atoms with Crippen LogP contribution in [0.4, 0.5) is 0 Å². The van der Waals surface area contributed by atoms with Gasteiger partial charge in [-0.25, -0.2) is 4.79 Å². The van der Waals surface area contributed by atoms with Crippen LogP contribution in [0.3, 0.4) is 0 Å². The molecule has 2 aliphatic heterocycles. The molecular weight excluding hydrogens is 430 g/mol. The van der Waals surface area contributed by atoms with Crippen LogP contribution in [0.2, 0.25) is 0 Å². The number of rotatable bonds is 4. The zero-order chi connectivity index (χ0) is 24.7. The molecule has 7 heteroatoms. The zero-order valence-electron chi connectivity index (χ0n) is 20.7. The minimum atomic E-state index is -0.423. The van der Waals surface area contributed by atoms with Gasteiger partial charge < -0.3 is 14.4 Å². The average Bonchev–Trinajstić information content (AvgIpc) is 3.44. The van der Waals surface area contributed by atoms with E-state index in [1.807, 2.05) is 56.9 Å². The Morgan fingerprint density at radius 2 is 1.62 bits per heavy atom. The van der Waals surface area contributed by atoms with Gasteiger partial charge in [0.2, 0.25) is 5.91 Å². The van der Waals surface area contributed by atoms with Crippen molar-refractivity contribution >= 4 is 17.0 Å². The van der Waals surface area contributed by atoms with Gasteiger partial charge in [-0.15, -0.1) is 0 Å². The normalized spacial score (nSPS) is 18.9. The summed E-state index contributed by atoms with van der Waals surface area (Å²) < 4.78 is 5.20. The van der Waals surface area contributed by atoms with E-state index in [1.54, 1.807) is 12.1 Å². The minimum absolute atomic E-state index is 0.0340. The first-order valence-electron chi connectivity index (χ1n) is 12.5. The molecule has 34 heavy (non-hydrogen) atoms. The number of phenolic OH excluding ortho intramolecular Hbond substituents is 1. The van der Waals surface area contributed by atoms with Crippen molar-refractivity contribution < 1.29 is 14.3 Å². The van der Waals surface area contributed by atoms with E-state index in [2.05, 4.69) is 16.0 Å². The van der Waals surface area contributed by atoms with Crippen LogP contribution in [-0.4, -0.2) is 51.5 Å². The number of aromatic amines is 1. The van der Waals surface area contributed by atoms with E-state index in [4.69, 9.17) is 4.42 Å². The van der Waals surface area contributed by atoms with E-state index in [0.717, 1.165) is 50.0 Å². The molecule has 1 amide bonds. The lowest BCUT2D eigenvalue weighted by Gasteiger charge is -2.35. The first-order valence-corrected chi connectivity index (χ1v) is 12.5. The van der Waals surface area contributed by atoms with Crippen LogP contribution in [0.25, 0.3) is 11.1 Å². The molecule has 3 heterocycles. The number of carbonyl (C=O) groups excluding carboxylic acids is 1. The minimum Gasteiger partial charge on any atom is -0.508 e. The maximum absolute atomic E-state index is 13.0. The van der Waals surface area contributed by atoms with Gasteiger partial charge in [-0.2, -0.15) is 0 Å². The highest BCUT2D eigenvalue weighted by atomic mass is 16.4.